The van der Waals surface area contributed by atoms with E-state index in [1.165, 1.54) is 11.8 Å². The number of aromatic nitrogens is 2. The van der Waals surface area contributed by atoms with E-state index in [2.05, 4.69) is 9.97 Å². The summed E-state index contributed by atoms with van der Waals surface area (Å²) in [7, 11) is 3.91. The number of anilines is 1. The van der Waals surface area contributed by atoms with Crippen LogP contribution in [0.1, 0.15) is 22.9 Å². The number of rotatable bonds is 4. The average Bonchev–Trinajstić information content (AvgIpc) is 2.49. The normalized spacial score (nSPS) is 12.2. The van der Waals surface area contributed by atoms with Gasteiger partial charge in [-0.1, -0.05) is 23.9 Å². The highest BCUT2D eigenvalue weighted by molar-refractivity contribution is 7.98. The Morgan fingerprint density at radius 1 is 1.29 bits per heavy atom. The minimum atomic E-state index is -0.908. The molecule has 0 aliphatic heterocycles. The van der Waals surface area contributed by atoms with E-state index >= 15 is 0 Å². The third-order valence-corrected chi connectivity index (χ3v) is 3.92. The first kappa shape index (κ1) is 15.6. The molecule has 1 heterocycles. The molecule has 0 amide bonds. The molecule has 1 atom stereocenters. The van der Waals surface area contributed by atoms with Crippen LogP contribution in [0.4, 0.5) is 5.69 Å². The molecule has 1 aromatic heterocycles. The van der Waals surface area contributed by atoms with E-state index in [1.54, 1.807) is 6.92 Å². The molecule has 0 fully saturated rings. The lowest BCUT2D eigenvalue weighted by molar-refractivity contribution is 0.213. The number of benzene rings is 1. The van der Waals surface area contributed by atoms with E-state index in [0.29, 0.717) is 22.0 Å². The predicted octanol–water partition coefficient (Wildman–Crippen LogP) is 1.95. The van der Waals surface area contributed by atoms with Gasteiger partial charge in [-0.2, -0.15) is 0 Å². The summed E-state index contributed by atoms with van der Waals surface area (Å²) in [6.07, 6.45) is 0.921. The first-order valence-electron chi connectivity index (χ1n) is 6.54. The SMILES string of the molecule is CSc1nc(C(O)c2ccc(N(C)C)cc2)c(C)c(=O)[nH]1. The monoisotopic (exact) mass is 305 g/mol. The van der Waals surface area contributed by atoms with Gasteiger partial charge in [-0.05, 0) is 30.9 Å². The Balaban J connectivity index is 2.41. The zero-order chi connectivity index (χ0) is 15.6. The van der Waals surface area contributed by atoms with Crippen LogP contribution in [0.5, 0.6) is 0 Å². The Bertz CT molecular complexity index is 680. The van der Waals surface area contributed by atoms with E-state index < -0.39 is 6.10 Å². The topological polar surface area (TPSA) is 69.2 Å². The molecule has 0 bridgehead atoms. The number of hydrogen-bond donors (Lipinski definition) is 2. The number of nitrogens with one attached hydrogen (secondary N) is 1. The van der Waals surface area contributed by atoms with Crippen LogP contribution in [0.15, 0.2) is 34.2 Å². The Kier molecular flexibility index (Phi) is 4.69. The fourth-order valence-corrected chi connectivity index (χ4v) is 2.39. The fraction of sp³-hybridized carbons (Fsp3) is 0.333. The lowest BCUT2D eigenvalue weighted by Crippen LogP contribution is -2.18. The molecule has 1 unspecified atom stereocenters. The Labute approximate surface area is 128 Å². The van der Waals surface area contributed by atoms with Crippen molar-refractivity contribution in [3.8, 4) is 0 Å². The Hall–Kier alpha value is -1.79. The third kappa shape index (κ3) is 3.28. The van der Waals surface area contributed by atoms with Gasteiger partial charge >= 0.3 is 0 Å². The maximum absolute atomic E-state index is 11.9. The van der Waals surface area contributed by atoms with Crippen molar-refractivity contribution in [3.05, 3.63) is 51.4 Å². The summed E-state index contributed by atoms with van der Waals surface area (Å²) in [5, 5.41) is 11.0. The molecule has 6 heteroatoms. The van der Waals surface area contributed by atoms with Crippen LogP contribution in [0.2, 0.25) is 0 Å². The van der Waals surface area contributed by atoms with Gasteiger partial charge in [-0.15, -0.1) is 0 Å². The molecule has 2 aromatic rings. The molecule has 0 aliphatic carbocycles. The zero-order valence-corrected chi connectivity index (χ0v) is 13.4. The van der Waals surface area contributed by atoms with Gasteiger partial charge in [-0.3, -0.25) is 4.79 Å². The standard InChI is InChI=1S/C15H19N3O2S/c1-9-12(16-15(21-4)17-14(9)20)13(19)10-5-7-11(8-6-10)18(2)3/h5-8,13,19H,1-4H3,(H,16,17,20). The van der Waals surface area contributed by atoms with E-state index in [0.717, 1.165) is 5.69 Å². The number of aliphatic hydroxyl groups excluding tert-OH is 1. The molecule has 2 rings (SSSR count). The Morgan fingerprint density at radius 3 is 2.43 bits per heavy atom. The quantitative estimate of drug-likeness (QED) is 0.667. The summed E-state index contributed by atoms with van der Waals surface area (Å²) in [5.74, 6) is 0. The molecule has 0 radical (unpaired) electrons. The van der Waals surface area contributed by atoms with Crippen molar-refractivity contribution in [1.29, 1.82) is 0 Å². The summed E-state index contributed by atoms with van der Waals surface area (Å²) in [6, 6.07) is 7.55. The molecule has 2 N–H and O–H groups in total. The summed E-state index contributed by atoms with van der Waals surface area (Å²) >= 11 is 1.34. The number of aliphatic hydroxyl groups is 1. The van der Waals surface area contributed by atoms with E-state index in [-0.39, 0.29) is 5.56 Å². The second kappa shape index (κ2) is 6.32. The molecule has 0 aliphatic rings. The number of thioether (sulfide) groups is 1. The van der Waals surface area contributed by atoms with Gasteiger partial charge in [0.15, 0.2) is 5.16 Å². The van der Waals surface area contributed by atoms with Crippen molar-refractivity contribution in [1.82, 2.24) is 9.97 Å². The highest BCUT2D eigenvalue weighted by Crippen LogP contribution is 2.24. The molecule has 112 valence electrons. The molecule has 1 aromatic carbocycles. The minimum absolute atomic E-state index is 0.215. The highest BCUT2D eigenvalue weighted by Gasteiger charge is 2.18. The largest absolute Gasteiger partial charge is 0.382 e. The van der Waals surface area contributed by atoms with E-state index in [9.17, 15) is 9.90 Å². The predicted molar refractivity (Wildman–Crippen MR) is 86.2 cm³/mol. The minimum Gasteiger partial charge on any atom is -0.382 e. The maximum Gasteiger partial charge on any atom is 0.254 e. The molecular formula is C15H19N3O2S. The highest BCUT2D eigenvalue weighted by atomic mass is 32.2. The summed E-state index contributed by atoms with van der Waals surface area (Å²) in [4.78, 5) is 20.9. The molecule has 0 saturated carbocycles. The molecule has 5 nitrogen and oxygen atoms in total. The van der Waals surface area contributed by atoms with Crippen LogP contribution < -0.4 is 10.5 Å². The maximum atomic E-state index is 11.9. The van der Waals surface area contributed by atoms with Crippen LogP contribution >= 0.6 is 11.8 Å². The van der Waals surface area contributed by atoms with Crippen LogP contribution in [0.3, 0.4) is 0 Å². The fourth-order valence-electron chi connectivity index (χ4n) is 2.00. The van der Waals surface area contributed by atoms with Crippen molar-refractivity contribution in [2.45, 2.75) is 18.2 Å². The van der Waals surface area contributed by atoms with Gasteiger partial charge in [0.25, 0.3) is 5.56 Å². The molecule has 0 saturated heterocycles. The van der Waals surface area contributed by atoms with Gasteiger partial charge < -0.3 is 15.0 Å². The summed E-state index contributed by atoms with van der Waals surface area (Å²) in [5.41, 5.74) is 2.39. The molecule has 0 spiro atoms. The van der Waals surface area contributed by atoms with Crippen molar-refractivity contribution in [3.63, 3.8) is 0 Å². The number of hydrogen-bond acceptors (Lipinski definition) is 5. The summed E-state index contributed by atoms with van der Waals surface area (Å²) in [6.45, 7) is 1.67. The Morgan fingerprint density at radius 2 is 1.90 bits per heavy atom. The van der Waals surface area contributed by atoms with Gasteiger partial charge in [0, 0.05) is 25.3 Å². The first-order chi connectivity index (χ1) is 9.93. The van der Waals surface area contributed by atoms with Crippen LogP contribution in [0, 0.1) is 6.92 Å². The smallest absolute Gasteiger partial charge is 0.254 e. The van der Waals surface area contributed by atoms with E-state index in [4.69, 9.17) is 0 Å². The van der Waals surface area contributed by atoms with Crippen LogP contribution in [-0.2, 0) is 0 Å². The van der Waals surface area contributed by atoms with Crippen molar-refractivity contribution < 1.29 is 5.11 Å². The van der Waals surface area contributed by atoms with Gasteiger partial charge in [0.05, 0.1) is 5.69 Å². The van der Waals surface area contributed by atoms with Crippen molar-refractivity contribution in [2.24, 2.45) is 0 Å². The second-order valence-electron chi connectivity index (χ2n) is 4.97. The molecule has 21 heavy (non-hydrogen) atoms. The van der Waals surface area contributed by atoms with Crippen molar-refractivity contribution in [2.75, 3.05) is 25.3 Å². The van der Waals surface area contributed by atoms with E-state index in [1.807, 2.05) is 49.5 Å². The number of aromatic amines is 1. The second-order valence-corrected chi connectivity index (χ2v) is 5.77. The zero-order valence-electron chi connectivity index (χ0n) is 12.5. The van der Waals surface area contributed by atoms with Crippen molar-refractivity contribution >= 4 is 17.4 Å². The third-order valence-electron chi connectivity index (χ3n) is 3.34. The number of H-pyrrole nitrogens is 1. The average molecular weight is 305 g/mol. The first-order valence-corrected chi connectivity index (χ1v) is 7.76. The lowest BCUT2D eigenvalue weighted by Gasteiger charge is -2.16. The van der Waals surface area contributed by atoms with Gasteiger partial charge in [0.1, 0.15) is 6.10 Å². The van der Waals surface area contributed by atoms with Crippen LogP contribution in [-0.4, -0.2) is 35.4 Å². The van der Waals surface area contributed by atoms with Crippen LogP contribution in [0.25, 0.3) is 0 Å². The molecular weight excluding hydrogens is 286 g/mol. The van der Waals surface area contributed by atoms with Gasteiger partial charge in [-0.25, -0.2) is 4.98 Å². The summed E-state index contributed by atoms with van der Waals surface area (Å²) < 4.78 is 0. The van der Waals surface area contributed by atoms with Gasteiger partial charge in [0.2, 0.25) is 0 Å². The number of nitrogens with zero attached hydrogens (tertiary/aromatic N) is 2. The lowest BCUT2D eigenvalue weighted by atomic mass is 10.0.